The van der Waals surface area contributed by atoms with Gasteiger partial charge in [0.05, 0.1) is 17.0 Å². The van der Waals surface area contributed by atoms with Crippen molar-refractivity contribution in [3.05, 3.63) is 15.7 Å². The quantitative estimate of drug-likeness (QED) is 0.326. The molecule has 3 atom stereocenters. The van der Waals surface area contributed by atoms with E-state index in [9.17, 15) is 19.5 Å². The Bertz CT molecular complexity index is 970. The molecule has 3 aliphatic heterocycles. The maximum atomic E-state index is 12.6. The number of aliphatic carboxylic acids is 1. The van der Waals surface area contributed by atoms with Crippen molar-refractivity contribution < 1.29 is 50.5 Å². The molecular weight excluding hydrogens is 447 g/mol. The second-order valence-electron chi connectivity index (χ2n) is 6.17. The first-order valence-electron chi connectivity index (χ1n) is 8.14. The van der Waals surface area contributed by atoms with Gasteiger partial charge in [-0.25, -0.2) is 4.79 Å². The molecular formula is C15H15N6NaO4S3. The third-order valence-electron chi connectivity index (χ3n) is 4.37. The summed E-state index contributed by atoms with van der Waals surface area (Å²) >= 11 is 3.81. The van der Waals surface area contributed by atoms with E-state index in [1.54, 1.807) is 6.92 Å². The first-order valence-corrected chi connectivity index (χ1v) is 10.9. The molecule has 3 aliphatic rings. The van der Waals surface area contributed by atoms with Crippen molar-refractivity contribution >= 4 is 68.8 Å². The summed E-state index contributed by atoms with van der Waals surface area (Å²) in [5, 5.41) is 28.9. The van der Waals surface area contributed by atoms with Crippen LogP contribution in [0.1, 0.15) is 17.9 Å². The molecule has 1 fully saturated rings. The number of β-lactam (4-membered cyclic amide) rings is 1. The van der Waals surface area contributed by atoms with Crippen LogP contribution in [0.4, 0.5) is 0 Å². The summed E-state index contributed by atoms with van der Waals surface area (Å²) in [6.45, 7) is 1.77. The molecule has 3 N–H and O–H groups in total. The smallest absolute Gasteiger partial charge is 1.00 e. The van der Waals surface area contributed by atoms with Crippen molar-refractivity contribution in [2.24, 2.45) is 4.99 Å². The van der Waals surface area contributed by atoms with Crippen LogP contribution in [0.15, 0.2) is 10.7 Å². The van der Waals surface area contributed by atoms with E-state index in [0.29, 0.717) is 21.3 Å². The Kier molecular flexibility index (Phi) is 6.85. The fraction of sp³-hybridized carbons (Fsp3) is 0.400. The van der Waals surface area contributed by atoms with Crippen LogP contribution in [0.3, 0.4) is 0 Å². The number of aryl methyl sites for hydroxylation is 1. The molecule has 2 unspecified atom stereocenters. The Hall–Kier alpha value is -1.25. The summed E-state index contributed by atoms with van der Waals surface area (Å²) in [6.07, 6.45) is -0.0135. The maximum Gasteiger partial charge on any atom is 1.00 e. The maximum absolute atomic E-state index is 12.6. The second kappa shape index (κ2) is 8.86. The number of amides is 2. The number of carbonyl (C=O) groups excluding carboxylic acids is 2. The zero-order valence-electron chi connectivity index (χ0n) is 16.4. The van der Waals surface area contributed by atoms with E-state index in [4.69, 9.17) is 5.41 Å². The number of carboxylic acids is 1. The Morgan fingerprint density at radius 1 is 1.45 bits per heavy atom. The number of carboxylic acid groups (broad SMARTS) is 1. The normalized spacial score (nSPS) is 25.4. The van der Waals surface area contributed by atoms with Gasteiger partial charge in [-0.1, -0.05) is 23.1 Å². The molecule has 0 bridgehead atoms. The van der Waals surface area contributed by atoms with E-state index in [0.717, 1.165) is 11.8 Å². The number of aromatic nitrogens is 2. The Morgan fingerprint density at radius 3 is 2.79 bits per heavy atom. The molecule has 4 rings (SSSR count). The van der Waals surface area contributed by atoms with Gasteiger partial charge in [0.25, 0.3) is 5.91 Å². The van der Waals surface area contributed by atoms with Crippen LogP contribution in [-0.2, 0) is 14.4 Å². The van der Waals surface area contributed by atoms with E-state index in [1.807, 2.05) is 0 Å². The zero-order valence-corrected chi connectivity index (χ0v) is 19.9. The molecule has 29 heavy (non-hydrogen) atoms. The van der Waals surface area contributed by atoms with Crippen molar-refractivity contribution in [2.45, 2.75) is 30.8 Å². The predicted molar refractivity (Wildman–Crippen MR) is 108 cm³/mol. The summed E-state index contributed by atoms with van der Waals surface area (Å²) in [6, 6.07) is -1.31. The molecule has 0 radical (unpaired) electrons. The number of aliphatic imine (C=N–C) groups is 1. The number of rotatable bonds is 5. The topological polar surface area (TPSA) is 149 Å². The van der Waals surface area contributed by atoms with E-state index >= 15 is 0 Å². The van der Waals surface area contributed by atoms with Gasteiger partial charge in [-0.15, -0.1) is 22.0 Å². The molecule has 1 aromatic rings. The minimum absolute atomic E-state index is 0. The summed E-state index contributed by atoms with van der Waals surface area (Å²) in [7, 11) is 0. The van der Waals surface area contributed by atoms with Gasteiger partial charge in [0, 0.05) is 11.3 Å². The van der Waals surface area contributed by atoms with Gasteiger partial charge >= 0.3 is 35.5 Å². The van der Waals surface area contributed by atoms with Crippen molar-refractivity contribution in [1.82, 2.24) is 20.4 Å². The first kappa shape index (κ1) is 22.4. The minimum Gasteiger partial charge on any atom is -1.00 e. The van der Waals surface area contributed by atoms with Gasteiger partial charge in [0.15, 0.2) is 0 Å². The van der Waals surface area contributed by atoms with Crippen LogP contribution >= 0.6 is 34.9 Å². The summed E-state index contributed by atoms with van der Waals surface area (Å²) in [4.78, 5) is 42.0. The van der Waals surface area contributed by atoms with Gasteiger partial charge in [0.1, 0.15) is 33.2 Å². The number of nitrogens with one attached hydrogen (secondary N) is 2. The Labute approximate surface area is 201 Å². The van der Waals surface area contributed by atoms with Crippen molar-refractivity contribution in [2.75, 3.05) is 5.75 Å². The van der Waals surface area contributed by atoms with Crippen LogP contribution in [0.2, 0.25) is 0 Å². The van der Waals surface area contributed by atoms with Crippen molar-refractivity contribution in [1.29, 1.82) is 5.41 Å². The monoisotopic (exact) mass is 462 g/mol. The third-order valence-corrected chi connectivity index (χ3v) is 7.30. The van der Waals surface area contributed by atoms with Crippen molar-refractivity contribution in [3.8, 4) is 0 Å². The number of hydrogen-bond acceptors (Lipinski definition) is 10. The molecule has 0 aliphatic carbocycles. The van der Waals surface area contributed by atoms with E-state index in [-0.39, 0.29) is 54.1 Å². The van der Waals surface area contributed by atoms with Gasteiger partial charge in [-0.05, 0) is 6.92 Å². The summed E-state index contributed by atoms with van der Waals surface area (Å²) in [5.41, 5.74) is 1.88. The van der Waals surface area contributed by atoms with Gasteiger partial charge in [-0.2, -0.15) is 0 Å². The minimum atomic E-state index is -1.21. The fourth-order valence-corrected chi connectivity index (χ4v) is 5.86. The summed E-state index contributed by atoms with van der Waals surface area (Å²) < 4.78 is 0. The average Bonchev–Trinajstić information content (AvgIpc) is 3.26. The number of hydrogen-bond donors (Lipinski definition) is 3. The standard InChI is InChI=1S/C15H14N6O4S3.Na.H/c1-5-19-20-12(28-5)6-3-26-14-9(13(23)21(14)10(6)15(24)25)18-8(22)2-7-11(16)27-4-17-7;;/h4,7,9,14,16H,2-3H2,1H3,(H,18,22)(H,24,25);;/q;+1;-1/t7?,9?,14-;;/m1../s1. The van der Waals surface area contributed by atoms with Crippen LogP contribution in [-0.4, -0.2) is 71.8 Å². The Balaban J connectivity index is 0.00000160. The zero-order chi connectivity index (χ0) is 20.0. The van der Waals surface area contributed by atoms with E-state index in [1.165, 1.54) is 33.5 Å². The van der Waals surface area contributed by atoms with Gasteiger partial charge < -0.3 is 11.8 Å². The molecule has 1 saturated heterocycles. The van der Waals surface area contributed by atoms with Gasteiger partial charge in [-0.3, -0.25) is 24.9 Å². The molecule has 10 nitrogen and oxygen atoms in total. The molecule has 0 aromatic carbocycles. The fourth-order valence-electron chi connectivity index (χ4n) is 3.06. The molecule has 0 spiro atoms. The molecule has 2 amide bonds. The van der Waals surface area contributed by atoms with E-state index in [2.05, 4.69) is 20.5 Å². The van der Waals surface area contributed by atoms with Crippen molar-refractivity contribution in [3.63, 3.8) is 0 Å². The second-order valence-corrected chi connectivity index (χ2v) is 9.34. The Morgan fingerprint density at radius 2 is 2.21 bits per heavy atom. The molecule has 148 valence electrons. The summed E-state index contributed by atoms with van der Waals surface area (Å²) in [5.74, 6) is -1.72. The number of carbonyl (C=O) groups is 3. The number of nitrogens with zero attached hydrogens (tertiary/aromatic N) is 4. The first-order chi connectivity index (χ1) is 13.4. The third kappa shape index (κ3) is 4.16. The van der Waals surface area contributed by atoms with Crippen LogP contribution in [0, 0.1) is 12.3 Å². The predicted octanol–water partition coefficient (Wildman–Crippen LogP) is -2.33. The average molecular weight is 463 g/mol. The molecule has 1 aromatic heterocycles. The van der Waals surface area contributed by atoms with Crippen LogP contribution in [0.25, 0.3) is 5.57 Å². The molecule has 14 heteroatoms. The number of fused-ring (bicyclic) bond motifs is 1. The molecule has 4 heterocycles. The van der Waals surface area contributed by atoms with Crippen LogP contribution < -0.4 is 34.9 Å². The van der Waals surface area contributed by atoms with Crippen LogP contribution in [0.5, 0.6) is 0 Å². The number of thioether (sulfide) groups is 2. The SMILES string of the molecule is Cc1nnc(C2=C(C(=O)O)N3C(=O)C(NC(=O)CC4N=CSC4=N)[C@H]3SC2)s1.[H-].[Na+]. The van der Waals surface area contributed by atoms with Gasteiger partial charge in [0.2, 0.25) is 5.91 Å². The van der Waals surface area contributed by atoms with E-state index < -0.39 is 29.3 Å². The largest absolute Gasteiger partial charge is 1.00 e. The molecule has 0 saturated carbocycles.